The molecule has 164 valence electrons. The summed E-state index contributed by atoms with van der Waals surface area (Å²) in [5.41, 5.74) is 1.76. The first-order valence-corrected chi connectivity index (χ1v) is 12.4. The molecule has 0 bridgehead atoms. The topological polar surface area (TPSA) is 77.0 Å². The van der Waals surface area contributed by atoms with Crippen LogP contribution in [0.4, 0.5) is 0 Å². The highest BCUT2D eigenvalue weighted by atomic mass is 32.2. The van der Waals surface area contributed by atoms with Crippen LogP contribution in [0.1, 0.15) is 31.9 Å². The monoisotopic (exact) mass is 423 g/mol. The van der Waals surface area contributed by atoms with Gasteiger partial charge in [-0.05, 0) is 44.5 Å². The predicted octanol–water partition coefficient (Wildman–Crippen LogP) is 1.48. The van der Waals surface area contributed by atoms with Gasteiger partial charge in [-0.15, -0.1) is 0 Å². The summed E-state index contributed by atoms with van der Waals surface area (Å²) in [6.45, 7) is 16.1. The van der Waals surface area contributed by atoms with Crippen molar-refractivity contribution >= 4 is 15.8 Å². The number of rotatable bonds is 8. The summed E-state index contributed by atoms with van der Waals surface area (Å²) < 4.78 is 23.6. The molecule has 1 atom stereocenters. The number of sulfone groups is 1. The lowest BCUT2D eigenvalue weighted by atomic mass is 10.1. The van der Waals surface area contributed by atoms with Crippen molar-refractivity contribution in [2.24, 2.45) is 4.99 Å². The van der Waals surface area contributed by atoms with Gasteiger partial charge in [-0.2, -0.15) is 0 Å². The summed E-state index contributed by atoms with van der Waals surface area (Å²) in [6, 6.07) is 5.86. The fourth-order valence-electron chi connectivity index (χ4n) is 3.63. The van der Waals surface area contributed by atoms with Gasteiger partial charge in [0.05, 0.1) is 11.4 Å². The van der Waals surface area contributed by atoms with E-state index in [0.29, 0.717) is 17.5 Å². The predicted molar refractivity (Wildman–Crippen MR) is 120 cm³/mol. The third kappa shape index (κ3) is 7.28. The first-order chi connectivity index (χ1) is 13.7. The van der Waals surface area contributed by atoms with Gasteiger partial charge in [0, 0.05) is 51.6 Å². The molecule has 1 unspecified atom stereocenters. The SMILES string of the molecule is CCNC(=NCc1ccc(S(C)(=O)=O)c(C)c1)NCC(C)N1CCN(CC)CC1. The molecule has 2 rings (SSSR count). The summed E-state index contributed by atoms with van der Waals surface area (Å²) >= 11 is 0. The summed E-state index contributed by atoms with van der Waals surface area (Å²) in [7, 11) is -3.19. The van der Waals surface area contributed by atoms with E-state index in [-0.39, 0.29) is 0 Å². The van der Waals surface area contributed by atoms with E-state index in [1.165, 1.54) is 6.26 Å². The average Bonchev–Trinajstić information content (AvgIpc) is 2.69. The standard InChI is InChI=1S/C21H37N5O2S/c1-6-22-21(23-15-18(4)26-12-10-25(7-2)11-13-26)24-16-19-8-9-20(17(3)14-19)29(5,27)28/h8-9,14,18H,6-7,10-13,15-16H2,1-5H3,(H2,22,23,24). The van der Waals surface area contributed by atoms with Crippen LogP contribution in [-0.4, -0.2) is 82.3 Å². The number of aliphatic imine (C=N–C) groups is 1. The Labute approximate surface area is 176 Å². The molecule has 29 heavy (non-hydrogen) atoms. The Morgan fingerprint density at radius 2 is 1.86 bits per heavy atom. The van der Waals surface area contributed by atoms with Crippen molar-refractivity contribution in [2.75, 3.05) is 52.1 Å². The molecule has 0 spiro atoms. The van der Waals surface area contributed by atoms with Crippen LogP contribution >= 0.6 is 0 Å². The zero-order valence-electron chi connectivity index (χ0n) is 18.5. The molecular weight excluding hydrogens is 386 g/mol. The van der Waals surface area contributed by atoms with Crippen LogP contribution in [0.15, 0.2) is 28.1 Å². The molecule has 1 aliphatic rings. The average molecular weight is 424 g/mol. The van der Waals surface area contributed by atoms with Crippen molar-refractivity contribution in [1.29, 1.82) is 0 Å². The van der Waals surface area contributed by atoms with Crippen molar-refractivity contribution < 1.29 is 8.42 Å². The van der Waals surface area contributed by atoms with Gasteiger partial charge in [-0.3, -0.25) is 4.90 Å². The molecule has 1 fully saturated rings. The number of benzene rings is 1. The highest BCUT2D eigenvalue weighted by Crippen LogP contribution is 2.17. The van der Waals surface area contributed by atoms with Gasteiger partial charge < -0.3 is 15.5 Å². The van der Waals surface area contributed by atoms with Crippen molar-refractivity contribution in [1.82, 2.24) is 20.4 Å². The van der Waals surface area contributed by atoms with E-state index in [9.17, 15) is 8.42 Å². The molecule has 0 aliphatic carbocycles. The number of guanidine groups is 1. The largest absolute Gasteiger partial charge is 0.357 e. The van der Waals surface area contributed by atoms with E-state index >= 15 is 0 Å². The quantitative estimate of drug-likeness (QED) is 0.487. The maximum Gasteiger partial charge on any atom is 0.191 e. The van der Waals surface area contributed by atoms with Gasteiger partial charge >= 0.3 is 0 Å². The fourth-order valence-corrected chi connectivity index (χ4v) is 4.59. The second-order valence-corrected chi connectivity index (χ2v) is 9.75. The van der Waals surface area contributed by atoms with Crippen molar-refractivity contribution in [3.05, 3.63) is 29.3 Å². The molecule has 1 aliphatic heterocycles. The van der Waals surface area contributed by atoms with E-state index in [1.54, 1.807) is 6.07 Å². The lowest BCUT2D eigenvalue weighted by Crippen LogP contribution is -2.53. The third-order valence-corrected chi connectivity index (χ3v) is 6.70. The van der Waals surface area contributed by atoms with E-state index in [4.69, 9.17) is 0 Å². The molecule has 0 radical (unpaired) electrons. The smallest absolute Gasteiger partial charge is 0.191 e. The summed E-state index contributed by atoms with van der Waals surface area (Å²) in [5, 5.41) is 6.75. The molecule has 0 amide bonds. The first kappa shape index (κ1) is 23.6. The first-order valence-electron chi connectivity index (χ1n) is 10.5. The van der Waals surface area contributed by atoms with Crippen LogP contribution in [0.25, 0.3) is 0 Å². The highest BCUT2D eigenvalue weighted by Gasteiger charge is 2.20. The van der Waals surface area contributed by atoms with Crippen LogP contribution in [0.3, 0.4) is 0 Å². The number of likely N-dealkylation sites (N-methyl/N-ethyl adjacent to an activating group) is 1. The van der Waals surface area contributed by atoms with Crippen LogP contribution in [0, 0.1) is 6.92 Å². The summed E-state index contributed by atoms with van der Waals surface area (Å²) in [6.07, 6.45) is 1.24. The molecule has 1 aromatic carbocycles. The van der Waals surface area contributed by atoms with Gasteiger partial charge in [0.1, 0.15) is 0 Å². The van der Waals surface area contributed by atoms with Gasteiger partial charge in [-0.1, -0.05) is 19.1 Å². The van der Waals surface area contributed by atoms with Crippen molar-refractivity contribution in [3.63, 3.8) is 0 Å². The summed E-state index contributed by atoms with van der Waals surface area (Å²) in [5.74, 6) is 0.788. The maximum atomic E-state index is 11.8. The lowest BCUT2D eigenvalue weighted by Gasteiger charge is -2.37. The van der Waals surface area contributed by atoms with Crippen molar-refractivity contribution in [3.8, 4) is 0 Å². The maximum absolute atomic E-state index is 11.8. The molecule has 2 N–H and O–H groups in total. The Kier molecular flexibility index (Phi) is 8.92. The molecule has 7 nitrogen and oxygen atoms in total. The van der Waals surface area contributed by atoms with E-state index < -0.39 is 9.84 Å². The van der Waals surface area contributed by atoms with Crippen molar-refractivity contribution in [2.45, 2.75) is 45.2 Å². The van der Waals surface area contributed by atoms with E-state index in [1.807, 2.05) is 19.1 Å². The molecule has 0 aromatic heterocycles. The number of aryl methyl sites for hydroxylation is 1. The van der Waals surface area contributed by atoms with Gasteiger partial charge in [0.2, 0.25) is 0 Å². The van der Waals surface area contributed by atoms with Gasteiger partial charge in [-0.25, -0.2) is 13.4 Å². The Balaban J connectivity index is 1.93. The van der Waals surface area contributed by atoms with Crippen LogP contribution in [-0.2, 0) is 16.4 Å². The van der Waals surface area contributed by atoms with Gasteiger partial charge in [0.25, 0.3) is 0 Å². The number of piperazine rings is 1. The third-order valence-electron chi connectivity index (χ3n) is 5.45. The van der Waals surface area contributed by atoms with Gasteiger partial charge in [0.15, 0.2) is 15.8 Å². The Morgan fingerprint density at radius 3 is 2.41 bits per heavy atom. The van der Waals surface area contributed by atoms with Crippen LogP contribution < -0.4 is 10.6 Å². The number of nitrogens with one attached hydrogen (secondary N) is 2. The van der Waals surface area contributed by atoms with E-state index in [2.05, 4.69) is 46.2 Å². The minimum atomic E-state index is -3.19. The Morgan fingerprint density at radius 1 is 1.17 bits per heavy atom. The number of nitrogens with zero attached hydrogens (tertiary/aromatic N) is 3. The zero-order valence-corrected chi connectivity index (χ0v) is 19.3. The molecule has 0 saturated carbocycles. The van der Waals surface area contributed by atoms with Crippen LogP contribution in [0.2, 0.25) is 0 Å². The fraction of sp³-hybridized carbons (Fsp3) is 0.667. The lowest BCUT2D eigenvalue weighted by molar-refractivity contribution is 0.107. The minimum absolute atomic E-state index is 0.382. The summed E-state index contributed by atoms with van der Waals surface area (Å²) in [4.78, 5) is 10.1. The Bertz CT molecular complexity index is 786. The molecular formula is C21H37N5O2S. The Hall–Kier alpha value is -1.64. The number of hydrogen-bond donors (Lipinski definition) is 2. The molecule has 1 saturated heterocycles. The van der Waals surface area contributed by atoms with E-state index in [0.717, 1.165) is 62.9 Å². The second-order valence-electron chi connectivity index (χ2n) is 7.77. The van der Waals surface area contributed by atoms with Crippen LogP contribution in [0.5, 0.6) is 0 Å². The molecule has 1 heterocycles. The highest BCUT2D eigenvalue weighted by molar-refractivity contribution is 7.90. The normalized spacial score (nSPS) is 17.9. The number of hydrogen-bond acceptors (Lipinski definition) is 5. The minimum Gasteiger partial charge on any atom is -0.357 e. The zero-order chi connectivity index (χ0) is 21.4. The molecule has 8 heteroatoms. The molecule has 1 aromatic rings. The second kappa shape index (κ2) is 10.9.